The number of carbonyl (C=O) groups is 1. The van der Waals surface area contributed by atoms with E-state index in [0.717, 1.165) is 5.56 Å². The molecule has 2 unspecified atom stereocenters. The Hall–Kier alpha value is -1.55. The number of rotatable bonds is 3. The molecule has 0 spiro atoms. The van der Waals surface area contributed by atoms with Crippen LogP contribution in [0.1, 0.15) is 36.8 Å². The van der Waals surface area contributed by atoms with Gasteiger partial charge >= 0.3 is 5.97 Å². The normalized spacial score (nSPS) is 26.5. The fraction of sp³-hybridized carbons (Fsp3) is 0.500. The minimum atomic E-state index is -1.16. The predicted octanol–water partition coefficient (Wildman–Crippen LogP) is 1.95. The van der Waals surface area contributed by atoms with Crippen molar-refractivity contribution in [3.8, 4) is 5.75 Å². The third kappa shape index (κ3) is 1.86. The summed E-state index contributed by atoms with van der Waals surface area (Å²) in [6, 6.07) is 5.37. The van der Waals surface area contributed by atoms with Gasteiger partial charge in [0.05, 0.1) is 12.7 Å². The molecule has 0 aliphatic heterocycles. The van der Waals surface area contributed by atoms with E-state index in [1.165, 1.54) is 0 Å². The van der Waals surface area contributed by atoms with Gasteiger partial charge in [0.25, 0.3) is 0 Å². The van der Waals surface area contributed by atoms with E-state index >= 15 is 0 Å². The lowest BCUT2D eigenvalue weighted by Gasteiger charge is -2.38. The Morgan fingerprint density at radius 3 is 2.83 bits per heavy atom. The molecule has 2 N–H and O–H groups in total. The number of aliphatic hydroxyl groups is 1. The zero-order valence-corrected chi connectivity index (χ0v) is 10.6. The summed E-state index contributed by atoms with van der Waals surface area (Å²) in [5.41, 5.74) is 0.425. The lowest BCUT2D eigenvalue weighted by Crippen LogP contribution is -2.43. The number of ether oxygens (including phenoxy) is 1. The Morgan fingerprint density at radius 1 is 1.56 bits per heavy atom. The lowest BCUT2D eigenvalue weighted by molar-refractivity contribution is -0.147. The average molecular weight is 250 g/mol. The number of fused-ring (bicyclic) bond motifs is 1. The standard InChI is InChI=1S/C14H18O4/c1-3-14(17)8-7-9-10(12(14)13(15)16)5-4-6-11(9)18-2/h4-6,12,17H,3,7-8H2,1-2H3,(H,15,16). The molecule has 2 atom stereocenters. The van der Waals surface area contributed by atoms with Crippen LogP contribution in [0.15, 0.2) is 18.2 Å². The van der Waals surface area contributed by atoms with E-state index < -0.39 is 17.5 Å². The van der Waals surface area contributed by atoms with E-state index in [0.29, 0.717) is 30.6 Å². The molecule has 1 aromatic rings. The first-order valence-electron chi connectivity index (χ1n) is 6.14. The van der Waals surface area contributed by atoms with Crippen molar-refractivity contribution in [1.29, 1.82) is 0 Å². The second-order valence-electron chi connectivity index (χ2n) is 4.76. The zero-order valence-electron chi connectivity index (χ0n) is 10.6. The van der Waals surface area contributed by atoms with E-state index in [4.69, 9.17) is 4.74 Å². The Labute approximate surface area is 106 Å². The van der Waals surface area contributed by atoms with E-state index in [1.807, 2.05) is 13.0 Å². The fourth-order valence-electron chi connectivity index (χ4n) is 2.83. The molecule has 0 amide bonds. The van der Waals surface area contributed by atoms with Crippen molar-refractivity contribution < 1.29 is 19.7 Å². The summed E-state index contributed by atoms with van der Waals surface area (Å²) in [5.74, 6) is -1.15. The van der Waals surface area contributed by atoms with E-state index in [9.17, 15) is 15.0 Å². The maximum absolute atomic E-state index is 11.5. The van der Waals surface area contributed by atoms with Crippen molar-refractivity contribution >= 4 is 5.97 Å². The van der Waals surface area contributed by atoms with Gasteiger partial charge in [-0.2, -0.15) is 0 Å². The van der Waals surface area contributed by atoms with E-state index in [2.05, 4.69) is 0 Å². The van der Waals surface area contributed by atoms with Crippen LogP contribution in [-0.4, -0.2) is 28.9 Å². The summed E-state index contributed by atoms with van der Waals surface area (Å²) < 4.78 is 5.27. The molecule has 0 bridgehead atoms. The van der Waals surface area contributed by atoms with Gasteiger partial charge in [0.1, 0.15) is 11.7 Å². The van der Waals surface area contributed by atoms with Gasteiger partial charge in [0, 0.05) is 0 Å². The molecule has 0 radical (unpaired) electrons. The monoisotopic (exact) mass is 250 g/mol. The van der Waals surface area contributed by atoms with Gasteiger partial charge in [0.2, 0.25) is 0 Å². The van der Waals surface area contributed by atoms with Gasteiger partial charge in [-0.1, -0.05) is 19.1 Å². The highest BCUT2D eigenvalue weighted by Gasteiger charge is 2.45. The molecular formula is C14H18O4. The number of carboxylic acids is 1. The van der Waals surface area contributed by atoms with Crippen LogP contribution >= 0.6 is 0 Å². The third-order valence-electron chi connectivity index (χ3n) is 3.90. The molecule has 98 valence electrons. The molecule has 0 aromatic heterocycles. The van der Waals surface area contributed by atoms with Crippen molar-refractivity contribution in [3.05, 3.63) is 29.3 Å². The van der Waals surface area contributed by atoms with Crippen molar-refractivity contribution in [2.24, 2.45) is 0 Å². The summed E-state index contributed by atoms with van der Waals surface area (Å²) in [6.07, 6.45) is 1.53. The quantitative estimate of drug-likeness (QED) is 0.860. The summed E-state index contributed by atoms with van der Waals surface area (Å²) >= 11 is 0. The first-order chi connectivity index (χ1) is 8.53. The molecule has 0 saturated carbocycles. The third-order valence-corrected chi connectivity index (χ3v) is 3.90. The predicted molar refractivity (Wildman–Crippen MR) is 66.9 cm³/mol. The fourth-order valence-corrected chi connectivity index (χ4v) is 2.83. The van der Waals surface area contributed by atoms with Gasteiger partial charge in [-0.3, -0.25) is 4.79 Å². The van der Waals surface area contributed by atoms with Crippen LogP contribution in [-0.2, 0) is 11.2 Å². The molecule has 2 rings (SSSR count). The van der Waals surface area contributed by atoms with Gasteiger partial charge < -0.3 is 14.9 Å². The van der Waals surface area contributed by atoms with Gasteiger partial charge in [-0.25, -0.2) is 0 Å². The number of hydrogen-bond acceptors (Lipinski definition) is 3. The highest BCUT2D eigenvalue weighted by molar-refractivity contribution is 5.79. The Kier molecular flexibility index (Phi) is 3.30. The summed E-state index contributed by atoms with van der Waals surface area (Å²) in [6.45, 7) is 1.82. The van der Waals surface area contributed by atoms with Gasteiger partial charge in [-0.05, 0) is 36.5 Å². The summed E-state index contributed by atoms with van der Waals surface area (Å²) in [5, 5.41) is 19.9. The van der Waals surface area contributed by atoms with Crippen molar-refractivity contribution in [2.45, 2.75) is 37.7 Å². The number of hydrogen-bond donors (Lipinski definition) is 2. The molecular weight excluding hydrogens is 232 g/mol. The van der Waals surface area contributed by atoms with Gasteiger partial charge in [0.15, 0.2) is 0 Å². The van der Waals surface area contributed by atoms with E-state index in [-0.39, 0.29) is 0 Å². The molecule has 4 nitrogen and oxygen atoms in total. The van der Waals surface area contributed by atoms with Crippen molar-refractivity contribution in [3.63, 3.8) is 0 Å². The lowest BCUT2D eigenvalue weighted by atomic mass is 9.70. The Balaban J connectivity index is 2.57. The second-order valence-corrected chi connectivity index (χ2v) is 4.76. The van der Waals surface area contributed by atoms with Crippen molar-refractivity contribution in [1.82, 2.24) is 0 Å². The van der Waals surface area contributed by atoms with E-state index in [1.54, 1.807) is 19.2 Å². The van der Waals surface area contributed by atoms with Gasteiger partial charge in [-0.15, -0.1) is 0 Å². The molecule has 0 fully saturated rings. The molecule has 0 heterocycles. The number of aliphatic carboxylic acids is 1. The van der Waals surface area contributed by atoms with Crippen LogP contribution in [0.25, 0.3) is 0 Å². The minimum absolute atomic E-state index is 0.431. The molecule has 4 heteroatoms. The van der Waals surface area contributed by atoms with Crippen molar-refractivity contribution in [2.75, 3.05) is 7.11 Å². The SMILES string of the molecule is CCC1(O)CCc2c(OC)cccc2C1C(=O)O. The number of methoxy groups -OCH3 is 1. The van der Waals surface area contributed by atoms with Crippen LogP contribution in [0, 0.1) is 0 Å². The molecule has 1 aliphatic rings. The largest absolute Gasteiger partial charge is 0.496 e. The topological polar surface area (TPSA) is 66.8 Å². The zero-order chi connectivity index (χ0) is 13.3. The van der Waals surface area contributed by atoms with Crippen LogP contribution in [0.5, 0.6) is 5.75 Å². The molecule has 18 heavy (non-hydrogen) atoms. The molecule has 1 aromatic carbocycles. The van der Waals surface area contributed by atoms with Crippen LogP contribution in [0.3, 0.4) is 0 Å². The smallest absolute Gasteiger partial charge is 0.313 e. The minimum Gasteiger partial charge on any atom is -0.496 e. The maximum atomic E-state index is 11.5. The maximum Gasteiger partial charge on any atom is 0.313 e. The molecule has 0 saturated heterocycles. The first-order valence-corrected chi connectivity index (χ1v) is 6.14. The Bertz CT molecular complexity index is 469. The first kappa shape index (κ1) is 12.9. The number of carboxylic acid groups (broad SMARTS) is 1. The highest BCUT2D eigenvalue weighted by Crippen LogP contribution is 2.44. The average Bonchev–Trinajstić information content (AvgIpc) is 2.37. The highest BCUT2D eigenvalue weighted by atomic mass is 16.5. The second kappa shape index (κ2) is 4.61. The van der Waals surface area contributed by atoms with Crippen LogP contribution in [0.2, 0.25) is 0 Å². The van der Waals surface area contributed by atoms with Crippen LogP contribution < -0.4 is 4.74 Å². The summed E-state index contributed by atoms with van der Waals surface area (Å²) in [4.78, 5) is 11.5. The van der Waals surface area contributed by atoms with Crippen LogP contribution in [0.4, 0.5) is 0 Å². The Morgan fingerprint density at radius 2 is 2.28 bits per heavy atom. The summed E-state index contributed by atoms with van der Waals surface area (Å²) in [7, 11) is 1.58. The number of benzene rings is 1. The molecule has 1 aliphatic carbocycles.